The summed E-state index contributed by atoms with van der Waals surface area (Å²) in [6.45, 7) is 8.78. The molecule has 0 aromatic heterocycles. The second kappa shape index (κ2) is 8.37. The Morgan fingerprint density at radius 1 is 1.24 bits per heavy atom. The van der Waals surface area contributed by atoms with Crippen LogP contribution in [-0.4, -0.2) is 48.2 Å². The van der Waals surface area contributed by atoms with E-state index in [9.17, 15) is 9.59 Å². The molecule has 0 N–H and O–H groups in total. The van der Waals surface area contributed by atoms with Crippen LogP contribution in [0.25, 0.3) is 0 Å². The Bertz CT molecular complexity index is 349. The highest BCUT2D eigenvalue weighted by Crippen LogP contribution is 2.17. The van der Waals surface area contributed by atoms with E-state index in [1.807, 2.05) is 20.8 Å². The molecule has 1 heterocycles. The van der Waals surface area contributed by atoms with E-state index in [1.54, 1.807) is 0 Å². The maximum atomic E-state index is 12.3. The van der Waals surface area contributed by atoms with Gasteiger partial charge in [-0.15, -0.1) is 0 Å². The van der Waals surface area contributed by atoms with Gasteiger partial charge in [0.2, 0.25) is 0 Å². The van der Waals surface area contributed by atoms with Crippen molar-refractivity contribution in [3.8, 4) is 0 Å². The van der Waals surface area contributed by atoms with Gasteiger partial charge in [-0.3, -0.25) is 9.69 Å². The molecular weight excluding hydrogens is 270 g/mol. The van der Waals surface area contributed by atoms with E-state index in [4.69, 9.17) is 9.47 Å². The van der Waals surface area contributed by atoms with Gasteiger partial charge in [-0.2, -0.15) is 0 Å². The zero-order valence-corrected chi connectivity index (χ0v) is 13.8. The van der Waals surface area contributed by atoms with E-state index >= 15 is 0 Å². The molecule has 21 heavy (non-hydrogen) atoms. The molecule has 1 aliphatic heterocycles. The number of amides is 1. The van der Waals surface area contributed by atoms with E-state index in [2.05, 4.69) is 6.92 Å². The van der Waals surface area contributed by atoms with E-state index in [-0.39, 0.29) is 12.4 Å². The molecule has 1 unspecified atom stereocenters. The monoisotopic (exact) mass is 299 g/mol. The average molecular weight is 299 g/mol. The average Bonchev–Trinajstić information content (AvgIpc) is 2.41. The summed E-state index contributed by atoms with van der Waals surface area (Å²) < 4.78 is 10.8. The van der Waals surface area contributed by atoms with Crippen molar-refractivity contribution in [1.29, 1.82) is 0 Å². The van der Waals surface area contributed by atoms with Crippen molar-refractivity contribution in [2.24, 2.45) is 0 Å². The summed E-state index contributed by atoms with van der Waals surface area (Å²) in [6, 6.07) is -0.491. The van der Waals surface area contributed by atoms with E-state index in [1.165, 1.54) is 4.90 Å². The lowest BCUT2D eigenvalue weighted by molar-refractivity contribution is -0.130. The Hall–Kier alpha value is -1.10. The molecule has 5 heteroatoms. The summed E-state index contributed by atoms with van der Waals surface area (Å²) in [7, 11) is 0. The van der Waals surface area contributed by atoms with Crippen molar-refractivity contribution >= 4 is 11.9 Å². The Morgan fingerprint density at radius 3 is 2.57 bits per heavy atom. The van der Waals surface area contributed by atoms with Gasteiger partial charge in [0.1, 0.15) is 11.6 Å². The van der Waals surface area contributed by atoms with Gasteiger partial charge in [0, 0.05) is 13.0 Å². The van der Waals surface area contributed by atoms with Crippen molar-refractivity contribution < 1.29 is 19.1 Å². The molecule has 0 saturated carbocycles. The molecule has 0 aliphatic carbocycles. The number of Topliss-reactive ketones (excluding diaryl/α,β-unsaturated/α-hetero) is 1. The summed E-state index contributed by atoms with van der Waals surface area (Å²) >= 11 is 0. The van der Waals surface area contributed by atoms with Gasteiger partial charge in [-0.05, 0) is 27.2 Å². The normalized spacial score (nSPS) is 19.4. The van der Waals surface area contributed by atoms with Gasteiger partial charge in [-0.1, -0.05) is 26.2 Å². The zero-order valence-electron chi connectivity index (χ0n) is 13.8. The second-order valence-corrected chi connectivity index (χ2v) is 6.54. The fourth-order valence-electron chi connectivity index (χ4n) is 2.30. The zero-order chi connectivity index (χ0) is 15.9. The highest BCUT2D eigenvalue weighted by molar-refractivity contribution is 5.87. The largest absolute Gasteiger partial charge is 0.444 e. The van der Waals surface area contributed by atoms with E-state index < -0.39 is 17.7 Å². The molecule has 0 spiro atoms. The molecular formula is C16H29NO4. The van der Waals surface area contributed by atoms with Crippen LogP contribution in [0.1, 0.15) is 59.8 Å². The van der Waals surface area contributed by atoms with Gasteiger partial charge >= 0.3 is 6.09 Å². The van der Waals surface area contributed by atoms with Crippen molar-refractivity contribution in [1.82, 2.24) is 4.90 Å². The molecule has 0 bridgehead atoms. The number of carbonyl (C=O) groups is 2. The number of ketones is 1. The van der Waals surface area contributed by atoms with Crippen LogP contribution >= 0.6 is 0 Å². The minimum Gasteiger partial charge on any atom is -0.444 e. The minimum absolute atomic E-state index is 0.0802. The van der Waals surface area contributed by atoms with Crippen LogP contribution in [-0.2, 0) is 14.3 Å². The Morgan fingerprint density at radius 2 is 1.95 bits per heavy atom. The first-order valence-corrected chi connectivity index (χ1v) is 7.95. The minimum atomic E-state index is -0.551. The van der Waals surface area contributed by atoms with Crippen molar-refractivity contribution in [2.45, 2.75) is 71.4 Å². The number of morpholine rings is 1. The molecule has 1 fully saturated rings. The number of hydrogen-bond acceptors (Lipinski definition) is 4. The Balaban J connectivity index is 2.56. The Kier molecular flexibility index (Phi) is 7.15. The molecule has 1 amide bonds. The molecule has 122 valence electrons. The maximum Gasteiger partial charge on any atom is 0.411 e. The molecule has 0 aromatic carbocycles. The molecule has 1 atom stereocenters. The van der Waals surface area contributed by atoms with Crippen LogP contribution in [0, 0.1) is 0 Å². The van der Waals surface area contributed by atoms with Crippen LogP contribution < -0.4 is 0 Å². The molecule has 0 aromatic rings. The predicted molar refractivity (Wildman–Crippen MR) is 81.3 cm³/mol. The predicted octanol–water partition coefficient (Wildman–Crippen LogP) is 3.16. The van der Waals surface area contributed by atoms with Crippen LogP contribution in [0.2, 0.25) is 0 Å². The first-order chi connectivity index (χ1) is 9.85. The smallest absolute Gasteiger partial charge is 0.411 e. The van der Waals surface area contributed by atoms with Gasteiger partial charge in [0.25, 0.3) is 0 Å². The standard InChI is InChI=1S/C16H29NO4/c1-5-6-7-8-9-14(18)13-12-20-11-10-17(13)15(19)21-16(2,3)4/h13H,5-12H2,1-4H3. The molecule has 1 saturated heterocycles. The molecule has 5 nitrogen and oxygen atoms in total. The highest BCUT2D eigenvalue weighted by Gasteiger charge is 2.34. The molecule has 0 radical (unpaired) electrons. The number of unbranched alkanes of at least 4 members (excludes halogenated alkanes) is 3. The fraction of sp³-hybridized carbons (Fsp3) is 0.875. The van der Waals surface area contributed by atoms with E-state index in [0.717, 1.165) is 25.7 Å². The maximum absolute atomic E-state index is 12.3. The summed E-state index contributed by atoms with van der Waals surface area (Å²) in [4.78, 5) is 26.0. The van der Waals surface area contributed by atoms with Crippen molar-refractivity contribution in [2.75, 3.05) is 19.8 Å². The van der Waals surface area contributed by atoms with Gasteiger partial charge < -0.3 is 9.47 Å². The van der Waals surface area contributed by atoms with Crippen LogP contribution in [0.5, 0.6) is 0 Å². The number of nitrogens with zero attached hydrogens (tertiary/aromatic N) is 1. The third-order valence-electron chi connectivity index (χ3n) is 3.40. The van der Waals surface area contributed by atoms with Crippen LogP contribution in [0.3, 0.4) is 0 Å². The van der Waals surface area contributed by atoms with Gasteiger partial charge in [0.15, 0.2) is 5.78 Å². The summed E-state index contributed by atoms with van der Waals surface area (Å²) in [5, 5.41) is 0. The van der Waals surface area contributed by atoms with Gasteiger partial charge in [-0.25, -0.2) is 4.79 Å². The SMILES string of the molecule is CCCCCCC(=O)C1COCCN1C(=O)OC(C)(C)C. The molecule has 1 rings (SSSR count). The lowest BCUT2D eigenvalue weighted by Gasteiger charge is -2.35. The summed E-state index contributed by atoms with van der Waals surface area (Å²) in [5.41, 5.74) is -0.551. The second-order valence-electron chi connectivity index (χ2n) is 6.54. The summed E-state index contributed by atoms with van der Waals surface area (Å²) in [5.74, 6) is 0.0802. The number of ether oxygens (including phenoxy) is 2. The highest BCUT2D eigenvalue weighted by atomic mass is 16.6. The quantitative estimate of drug-likeness (QED) is 0.707. The number of hydrogen-bond donors (Lipinski definition) is 0. The third-order valence-corrected chi connectivity index (χ3v) is 3.40. The molecule has 1 aliphatic rings. The van der Waals surface area contributed by atoms with Crippen LogP contribution in [0.4, 0.5) is 4.79 Å². The first-order valence-electron chi connectivity index (χ1n) is 7.95. The van der Waals surface area contributed by atoms with Gasteiger partial charge in [0.05, 0.1) is 13.2 Å². The van der Waals surface area contributed by atoms with Crippen molar-refractivity contribution in [3.05, 3.63) is 0 Å². The lowest BCUT2D eigenvalue weighted by atomic mass is 10.0. The number of rotatable bonds is 6. The van der Waals surface area contributed by atoms with Crippen molar-refractivity contribution in [3.63, 3.8) is 0 Å². The Labute approximate surface area is 128 Å². The fourth-order valence-corrected chi connectivity index (χ4v) is 2.30. The van der Waals surface area contributed by atoms with Crippen LogP contribution in [0.15, 0.2) is 0 Å². The first kappa shape index (κ1) is 18.0. The number of carbonyl (C=O) groups excluding carboxylic acids is 2. The topological polar surface area (TPSA) is 55.8 Å². The third kappa shape index (κ3) is 6.46. The summed E-state index contributed by atoms with van der Waals surface area (Å²) in [6.07, 6.45) is 4.31. The van der Waals surface area contributed by atoms with E-state index in [0.29, 0.717) is 19.6 Å². The lowest BCUT2D eigenvalue weighted by Crippen LogP contribution is -2.53.